The second-order valence-electron chi connectivity index (χ2n) is 11.7. The van der Waals surface area contributed by atoms with Crippen LogP contribution in [0.2, 0.25) is 0 Å². The summed E-state index contributed by atoms with van der Waals surface area (Å²) >= 11 is 0. The third-order valence-electron chi connectivity index (χ3n) is 8.48. The summed E-state index contributed by atoms with van der Waals surface area (Å²) in [5, 5.41) is 10.1. The van der Waals surface area contributed by atoms with Gasteiger partial charge in [-0.3, -0.25) is 9.59 Å². The van der Waals surface area contributed by atoms with Crippen molar-refractivity contribution in [3.8, 4) is 5.75 Å². The highest BCUT2D eigenvalue weighted by Gasteiger charge is 2.29. The Bertz CT molecular complexity index is 1450. The number of carbonyl (C=O) groups excluding carboxylic acids is 2. The van der Waals surface area contributed by atoms with Crippen molar-refractivity contribution in [2.24, 2.45) is 0 Å². The third kappa shape index (κ3) is 7.07. The molecular weight excluding hydrogens is 548 g/mol. The van der Waals surface area contributed by atoms with Gasteiger partial charge in [0.05, 0.1) is 11.7 Å². The molecule has 2 saturated heterocycles. The maximum absolute atomic E-state index is 13.2. The fourth-order valence-electron chi connectivity index (χ4n) is 5.81. The van der Waals surface area contributed by atoms with Crippen LogP contribution in [0, 0.1) is 6.92 Å². The Kier molecular flexibility index (Phi) is 8.73. The number of fused-ring (bicyclic) bond motifs is 1. The minimum atomic E-state index is -0.206. The second-order valence-corrected chi connectivity index (χ2v) is 11.7. The zero-order valence-electron chi connectivity index (χ0n) is 24.9. The number of oxazole rings is 1. The van der Waals surface area contributed by atoms with Crippen molar-refractivity contribution in [1.29, 1.82) is 0 Å². The summed E-state index contributed by atoms with van der Waals surface area (Å²) < 4.78 is 11.3. The summed E-state index contributed by atoms with van der Waals surface area (Å²) in [5.74, 6) is 2.61. The first-order valence-electron chi connectivity index (χ1n) is 15.2. The maximum Gasteiger partial charge on any atom is 0.270 e. The van der Waals surface area contributed by atoms with E-state index in [9.17, 15) is 9.59 Å². The summed E-state index contributed by atoms with van der Waals surface area (Å²) in [6, 6.07) is 8.29. The molecule has 3 N–H and O–H groups in total. The number of aromatic nitrogens is 3. The molecule has 43 heavy (non-hydrogen) atoms. The number of carbonyl (C=O) groups is 2. The molecule has 3 aromatic rings. The first-order chi connectivity index (χ1) is 20.9. The van der Waals surface area contributed by atoms with Crippen molar-refractivity contribution in [3.05, 3.63) is 58.9 Å². The van der Waals surface area contributed by atoms with Gasteiger partial charge in [-0.1, -0.05) is 6.07 Å². The molecule has 1 aromatic carbocycles. The van der Waals surface area contributed by atoms with E-state index < -0.39 is 0 Å². The number of ether oxygens (including phenoxy) is 1. The molecule has 3 aliphatic heterocycles. The van der Waals surface area contributed by atoms with E-state index in [1.54, 1.807) is 17.9 Å². The van der Waals surface area contributed by atoms with E-state index in [0.717, 1.165) is 62.5 Å². The van der Waals surface area contributed by atoms with Crippen molar-refractivity contribution in [2.75, 3.05) is 42.9 Å². The van der Waals surface area contributed by atoms with E-state index in [-0.39, 0.29) is 23.9 Å². The van der Waals surface area contributed by atoms with Gasteiger partial charge in [0.1, 0.15) is 23.9 Å². The molecule has 0 aliphatic carbocycles. The van der Waals surface area contributed by atoms with Crippen molar-refractivity contribution in [1.82, 2.24) is 30.5 Å². The lowest BCUT2D eigenvalue weighted by atomic mass is 9.94. The van der Waals surface area contributed by atoms with Gasteiger partial charge in [-0.2, -0.15) is 4.98 Å². The molecule has 3 aliphatic rings. The number of hydrogen-bond donors (Lipinski definition) is 3. The molecule has 0 saturated carbocycles. The lowest BCUT2D eigenvalue weighted by Crippen LogP contribution is -2.56. The van der Waals surface area contributed by atoms with Crippen LogP contribution < -0.4 is 25.6 Å². The number of benzene rings is 1. The van der Waals surface area contributed by atoms with Crippen LogP contribution in [-0.4, -0.2) is 76.5 Å². The van der Waals surface area contributed by atoms with Crippen molar-refractivity contribution < 1.29 is 18.7 Å². The highest BCUT2D eigenvalue weighted by molar-refractivity contribution is 5.93. The van der Waals surface area contributed by atoms with Gasteiger partial charge in [0.15, 0.2) is 12.2 Å². The van der Waals surface area contributed by atoms with E-state index in [4.69, 9.17) is 14.1 Å². The lowest BCUT2D eigenvalue weighted by molar-refractivity contribution is -0.132. The number of nitrogens with zero attached hydrogens (tertiary/aromatic N) is 5. The molecule has 12 nitrogen and oxygen atoms in total. The van der Waals surface area contributed by atoms with Crippen LogP contribution in [0.15, 0.2) is 35.1 Å². The smallest absolute Gasteiger partial charge is 0.270 e. The van der Waals surface area contributed by atoms with Crippen LogP contribution in [0.5, 0.6) is 5.75 Å². The first kappa shape index (κ1) is 28.9. The molecule has 2 aromatic heterocycles. The average molecular weight is 589 g/mol. The monoisotopic (exact) mass is 588 g/mol. The zero-order valence-corrected chi connectivity index (χ0v) is 24.9. The zero-order chi connectivity index (χ0) is 29.8. The number of rotatable bonds is 10. The molecule has 0 spiro atoms. The minimum Gasteiger partial charge on any atom is -0.486 e. The molecule has 12 heteroatoms. The normalized spacial score (nSPS) is 18.5. The van der Waals surface area contributed by atoms with Gasteiger partial charge in [0, 0.05) is 58.3 Å². The Balaban J connectivity index is 1.03. The van der Waals surface area contributed by atoms with Gasteiger partial charge in [-0.15, -0.1) is 0 Å². The van der Waals surface area contributed by atoms with Gasteiger partial charge < -0.3 is 34.9 Å². The van der Waals surface area contributed by atoms with E-state index >= 15 is 0 Å². The number of hydrogen-bond acceptors (Lipinski definition) is 10. The summed E-state index contributed by atoms with van der Waals surface area (Å²) in [6.45, 7) is 8.14. The summed E-state index contributed by atoms with van der Waals surface area (Å²) in [7, 11) is 0. The molecule has 0 bridgehead atoms. The molecule has 0 unspecified atom stereocenters. The standard InChI is InChI=1S/C31H40N8O4/c1-20-28(43-19-34-20)18-42-26-7-6-22-12-24(33-15-23(22)13-26)8-9-32-30(41)27-14-29(35-25-16-39(17-25)21(2)40)37-31(36-27)38-10-4-3-5-11-38/h6-7,13-14,19,24-25,33H,3-5,8-12,15-18H2,1-2H3,(H,32,41)(H,35,36,37)/t24-/m0/s1. The van der Waals surface area contributed by atoms with Gasteiger partial charge in [0.25, 0.3) is 5.91 Å². The molecule has 2 fully saturated rings. The van der Waals surface area contributed by atoms with Crippen molar-refractivity contribution in [3.63, 3.8) is 0 Å². The van der Waals surface area contributed by atoms with Crippen LogP contribution in [0.4, 0.5) is 11.8 Å². The molecule has 0 radical (unpaired) electrons. The second kappa shape index (κ2) is 13.0. The fraction of sp³-hybridized carbons (Fsp3) is 0.516. The first-order valence-corrected chi connectivity index (χ1v) is 15.2. The number of amides is 2. The Morgan fingerprint density at radius 2 is 1.95 bits per heavy atom. The minimum absolute atomic E-state index is 0.0682. The largest absolute Gasteiger partial charge is 0.486 e. The van der Waals surface area contributed by atoms with Crippen molar-refractivity contribution in [2.45, 2.75) is 71.2 Å². The van der Waals surface area contributed by atoms with Gasteiger partial charge in [-0.05, 0) is 62.3 Å². The Morgan fingerprint density at radius 3 is 2.72 bits per heavy atom. The topological polar surface area (TPSA) is 138 Å². The Hall–Kier alpha value is -4.19. The maximum atomic E-state index is 13.2. The number of nitrogens with one attached hydrogen (secondary N) is 3. The number of aryl methyl sites for hydroxylation is 1. The molecular formula is C31H40N8O4. The third-order valence-corrected chi connectivity index (χ3v) is 8.48. The summed E-state index contributed by atoms with van der Waals surface area (Å²) in [6.07, 6.45) is 6.49. The lowest BCUT2D eigenvalue weighted by Gasteiger charge is -2.39. The molecule has 5 heterocycles. The predicted molar refractivity (Wildman–Crippen MR) is 161 cm³/mol. The van der Waals surface area contributed by atoms with Crippen molar-refractivity contribution >= 4 is 23.6 Å². The quantitative estimate of drug-likeness (QED) is 0.324. The number of likely N-dealkylation sites (tertiary alicyclic amines) is 1. The van der Waals surface area contributed by atoms with Gasteiger partial charge >= 0.3 is 0 Å². The SMILES string of the molecule is CC(=O)N1CC(Nc2cc(C(=O)NCC[C@H]3Cc4ccc(OCc5ocnc5C)cc4CN3)nc(N3CCCCC3)n2)C1. The Morgan fingerprint density at radius 1 is 1.12 bits per heavy atom. The fourth-order valence-corrected chi connectivity index (χ4v) is 5.81. The van der Waals surface area contributed by atoms with Crippen LogP contribution in [0.1, 0.15) is 65.7 Å². The molecule has 1 atom stereocenters. The van der Waals surface area contributed by atoms with Crippen LogP contribution in [-0.2, 0) is 24.4 Å². The number of piperidine rings is 1. The highest BCUT2D eigenvalue weighted by atomic mass is 16.5. The van der Waals surface area contributed by atoms with Crippen LogP contribution in [0.3, 0.4) is 0 Å². The van der Waals surface area contributed by atoms with Gasteiger partial charge in [0.2, 0.25) is 11.9 Å². The van der Waals surface area contributed by atoms with E-state index in [2.05, 4.69) is 43.0 Å². The van der Waals surface area contributed by atoms with Gasteiger partial charge in [-0.25, -0.2) is 9.97 Å². The van der Waals surface area contributed by atoms with E-state index in [1.807, 2.05) is 13.0 Å². The van der Waals surface area contributed by atoms with Crippen LogP contribution in [0.25, 0.3) is 0 Å². The average Bonchev–Trinajstić information content (AvgIpc) is 3.42. The number of anilines is 2. The predicted octanol–water partition coefficient (Wildman–Crippen LogP) is 2.82. The molecule has 228 valence electrons. The van der Waals surface area contributed by atoms with E-state index in [0.29, 0.717) is 43.7 Å². The van der Waals surface area contributed by atoms with E-state index in [1.165, 1.54) is 23.9 Å². The molecule has 2 amide bonds. The Labute approximate surface area is 251 Å². The highest BCUT2D eigenvalue weighted by Crippen LogP contribution is 2.25. The molecule has 6 rings (SSSR count). The summed E-state index contributed by atoms with van der Waals surface area (Å²) in [4.78, 5) is 42.3. The summed E-state index contributed by atoms with van der Waals surface area (Å²) in [5.41, 5.74) is 3.70. The van der Waals surface area contributed by atoms with Crippen LogP contribution >= 0.6 is 0 Å².